The van der Waals surface area contributed by atoms with Gasteiger partial charge in [0, 0.05) is 18.1 Å². The highest BCUT2D eigenvalue weighted by atomic mass is 35.5. The third-order valence-electron chi connectivity index (χ3n) is 3.18. The summed E-state index contributed by atoms with van der Waals surface area (Å²) in [6.45, 7) is 0.848. The van der Waals surface area contributed by atoms with Gasteiger partial charge in [-0.05, 0) is 24.6 Å². The molecule has 1 atom stereocenters. The van der Waals surface area contributed by atoms with Crippen molar-refractivity contribution in [3.63, 3.8) is 0 Å². The number of nitrogens with zero attached hydrogens (tertiary/aromatic N) is 1. The van der Waals surface area contributed by atoms with E-state index in [1.165, 1.54) is 7.11 Å². The number of nitrogens with one attached hydrogen (secondary N) is 1. The molecule has 2 rings (SSSR count). The zero-order chi connectivity index (χ0) is 14.7. The van der Waals surface area contributed by atoms with Gasteiger partial charge in [-0.2, -0.15) is 0 Å². The van der Waals surface area contributed by atoms with Gasteiger partial charge < -0.3 is 15.0 Å². The molecule has 0 radical (unpaired) electrons. The Labute approximate surface area is 126 Å². The highest BCUT2D eigenvalue weighted by Crippen LogP contribution is 2.26. The number of carbonyl (C=O) groups excluding carboxylic acids is 2. The molecule has 5 nitrogen and oxygen atoms in total. The van der Waals surface area contributed by atoms with Gasteiger partial charge in [0.2, 0.25) is 0 Å². The third-order valence-corrected chi connectivity index (χ3v) is 3.74. The Balaban J connectivity index is 1.99. The molecular formula is C13H14Cl2N2O3. The van der Waals surface area contributed by atoms with E-state index in [1.807, 2.05) is 0 Å². The van der Waals surface area contributed by atoms with Crippen molar-refractivity contribution in [2.24, 2.45) is 5.92 Å². The Hall–Kier alpha value is -1.46. The zero-order valence-corrected chi connectivity index (χ0v) is 12.4. The molecule has 1 aromatic rings. The van der Waals surface area contributed by atoms with Crippen molar-refractivity contribution in [3.05, 3.63) is 28.2 Å². The molecule has 1 saturated heterocycles. The maximum absolute atomic E-state index is 12.1. The average Bonchev–Trinajstić information content (AvgIpc) is 2.91. The van der Waals surface area contributed by atoms with Gasteiger partial charge in [-0.25, -0.2) is 4.79 Å². The van der Waals surface area contributed by atoms with Crippen molar-refractivity contribution in [2.75, 3.05) is 25.5 Å². The van der Waals surface area contributed by atoms with Gasteiger partial charge in [0.15, 0.2) is 0 Å². The lowest BCUT2D eigenvalue weighted by molar-refractivity contribution is -0.144. The number of carbonyl (C=O) groups is 2. The summed E-state index contributed by atoms with van der Waals surface area (Å²) in [4.78, 5) is 25.1. The first-order valence-electron chi connectivity index (χ1n) is 6.10. The number of ether oxygens (including phenoxy) is 1. The van der Waals surface area contributed by atoms with E-state index in [4.69, 9.17) is 23.2 Å². The standard InChI is InChI=1S/C13H14Cl2N2O3/c1-20-12(18)8-4-5-17(7-8)13(19)16-11-6-9(14)2-3-10(11)15/h2-3,6,8H,4-5,7H2,1H3,(H,16,19). The molecule has 0 spiro atoms. The molecular weight excluding hydrogens is 303 g/mol. The predicted molar refractivity (Wildman–Crippen MR) is 77.2 cm³/mol. The Morgan fingerprint density at radius 2 is 2.15 bits per heavy atom. The number of methoxy groups -OCH3 is 1. The van der Waals surface area contributed by atoms with Crippen LogP contribution in [0.1, 0.15) is 6.42 Å². The number of urea groups is 1. The fourth-order valence-electron chi connectivity index (χ4n) is 2.09. The van der Waals surface area contributed by atoms with Crippen LogP contribution in [-0.2, 0) is 9.53 Å². The molecule has 2 amide bonds. The summed E-state index contributed by atoms with van der Waals surface area (Å²) >= 11 is 11.8. The normalized spacial score (nSPS) is 17.9. The van der Waals surface area contributed by atoms with Crippen LogP contribution in [0.15, 0.2) is 18.2 Å². The largest absolute Gasteiger partial charge is 0.469 e. The topological polar surface area (TPSA) is 58.6 Å². The van der Waals surface area contributed by atoms with E-state index < -0.39 is 0 Å². The monoisotopic (exact) mass is 316 g/mol. The second-order valence-corrected chi connectivity index (χ2v) is 5.35. The van der Waals surface area contributed by atoms with Gasteiger partial charge in [0.05, 0.1) is 23.7 Å². The number of likely N-dealkylation sites (tertiary alicyclic amines) is 1. The van der Waals surface area contributed by atoms with Crippen LogP contribution in [0.5, 0.6) is 0 Å². The van der Waals surface area contributed by atoms with Crippen LogP contribution in [0.4, 0.5) is 10.5 Å². The number of amides is 2. The number of rotatable bonds is 2. The van der Waals surface area contributed by atoms with Gasteiger partial charge in [0.25, 0.3) is 0 Å². The molecule has 0 saturated carbocycles. The summed E-state index contributed by atoms with van der Waals surface area (Å²) in [5.41, 5.74) is 0.450. The quantitative estimate of drug-likeness (QED) is 0.853. The van der Waals surface area contributed by atoms with E-state index >= 15 is 0 Å². The number of hydrogen-bond donors (Lipinski definition) is 1. The number of esters is 1. The van der Waals surface area contributed by atoms with Crippen LogP contribution in [0.25, 0.3) is 0 Å². The highest BCUT2D eigenvalue weighted by Gasteiger charge is 2.31. The van der Waals surface area contributed by atoms with Crippen molar-refractivity contribution in [1.82, 2.24) is 4.90 Å². The lowest BCUT2D eigenvalue weighted by Gasteiger charge is -2.17. The van der Waals surface area contributed by atoms with Crippen LogP contribution in [0, 0.1) is 5.92 Å². The van der Waals surface area contributed by atoms with E-state index in [2.05, 4.69) is 10.1 Å². The molecule has 108 valence electrons. The lowest BCUT2D eigenvalue weighted by Crippen LogP contribution is -2.34. The molecule has 0 aliphatic carbocycles. The van der Waals surface area contributed by atoms with Gasteiger partial charge in [0.1, 0.15) is 0 Å². The van der Waals surface area contributed by atoms with Gasteiger partial charge in [-0.3, -0.25) is 4.79 Å². The molecule has 0 bridgehead atoms. The second-order valence-electron chi connectivity index (χ2n) is 4.51. The van der Waals surface area contributed by atoms with E-state index in [1.54, 1.807) is 23.1 Å². The molecule has 20 heavy (non-hydrogen) atoms. The van der Waals surface area contributed by atoms with E-state index in [0.717, 1.165) is 0 Å². The molecule has 1 aliphatic heterocycles. The minimum Gasteiger partial charge on any atom is -0.469 e. The van der Waals surface area contributed by atoms with Crippen molar-refractivity contribution in [3.8, 4) is 0 Å². The van der Waals surface area contributed by atoms with Gasteiger partial charge in [-0.15, -0.1) is 0 Å². The first-order valence-corrected chi connectivity index (χ1v) is 6.85. The summed E-state index contributed by atoms with van der Waals surface area (Å²) in [5.74, 6) is -0.554. The van der Waals surface area contributed by atoms with Crippen LogP contribution in [0.2, 0.25) is 10.0 Å². The van der Waals surface area contributed by atoms with Crippen LogP contribution in [0.3, 0.4) is 0 Å². The second kappa shape index (κ2) is 6.33. The van der Waals surface area contributed by atoms with Gasteiger partial charge >= 0.3 is 12.0 Å². The van der Waals surface area contributed by atoms with E-state index in [9.17, 15) is 9.59 Å². The summed E-state index contributed by atoms with van der Waals surface area (Å²) in [5, 5.41) is 3.58. The highest BCUT2D eigenvalue weighted by molar-refractivity contribution is 6.35. The molecule has 1 aliphatic rings. The smallest absolute Gasteiger partial charge is 0.321 e. The van der Waals surface area contributed by atoms with Crippen molar-refractivity contribution in [2.45, 2.75) is 6.42 Å². The molecule has 1 heterocycles. The predicted octanol–water partition coefficient (Wildman–Crippen LogP) is 3.02. The third kappa shape index (κ3) is 3.35. The van der Waals surface area contributed by atoms with E-state index in [0.29, 0.717) is 35.2 Å². The van der Waals surface area contributed by atoms with Crippen molar-refractivity contribution < 1.29 is 14.3 Å². The first kappa shape index (κ1) is 14.9. The maximum Gasteiger partial charge on any atom is 0.321 e. The van der Waals surface area contributed by atoms with Gasteiger partial charge in [-0.1, -0.05) is 23.2 Å². The number of benzene rings is 1. The van der Waals surface area contributed by atoms with Crippen molar-refractivity contribution >= 4 is 40.9 Å². The first-order chi connectivity index (χ1) is 9.51. The maximum atomic E-state index is 12.1. The minimum atomic E-state index is -0.305. The summed E-state index contributed by atoms with van der Waals surface area (Å²) in [7, 11) is 1.34. The SMILES string of the molecule is COC(=O)C1CCN(C(=O)Nc2cc(Cl)ccc2Cl)C1. The molecule has 0 aromatic heterocycles. The molecule has 1 unspecified atom stereocenters. The summed E-state index contributed by atoms with van der Waals surface area (Å²) < 4.78 is 4.68. The fourth-order valence-corrected chi connectivity index (χ4v) is 2.43. The Bertz CT molecular complexity index is 536. The Morgan fingerprint density at radius 1 is 1.40 bits per heavy atom. The number of hydrogen-bond acceptors (Lipinski definition) is 3. The minimum absolute atomic E-state index is 0.263. The zero-order valence-electron chi connectivity index (χ0n) is 10.9. The molecule has 1 N–H and O–H groups in total. The fraction of sp³-hybridized carbons (Fsp3) is 0.385. The van der Waals surface area contributed by atoms with Crippen LogP contribution >= 0.6 is 23.2 Å². The average molecular weight is 317 g/mol. The van der Waals surface area contributed by atoms with Crippen LogP contribution in [-0.4, -0.2) is 37.1 Å². The van der Waals surface area contributed by atoms with Crippen molar-refractivity contribution in [1.29, 1.82) is 0 Å². The van der Waals surface area contributed by atoms with Crippen LogP contribution < -0.4 is 5.32 Å². The summed E-state index contributed by atoms with van der Waals surface area (Å²) in [6.07, 6.45) is 0.601. The Morgan fingerprint density at radius 3 is 2.85 bits per heavy atom. The Kier molecular flexibility index (Phi) is 4.73. The summed E-state index contributed by atoms with van der Waals surface area (Å²) in [6, 6.07) is 4.53. The molecule has 1 fully saturated rings. The molecule has 1 aromatic carbocycles. The van der Waals surface area contributed by atoms with E-state index in [-0.39, 0.29) is 17.9 Å². The molecule has 7 heteroatoms. The number of halogens is 2. The number of anilines is 1. The lowest BCUT2D eigenvalue weighted by atomic mass is 10.1.